The van der Waals surface area contributed by atoms with Crippen molar-refractivity contribution < 1.29 is 28.2 Å². The zero-order valence-corrected chi connectivity index (χ0v) is 18.6. The molecule has 0 radical (unpaired) electrons. The van der Waals surface area contributed by atoms with Crippen LogP contribution >= 0.6 is 11.8 Å². The van der Waals surface area contributed by atoms with Gasteiger partial charge in [-0.05, 0) is 36.6 Å². The molecule has 0 atom stereocenters. The topological polar surface area (TPSA) is 87.0 Å². The minimum atomic E-state index is -0.649. The highest BCUT2D eigenvalue weighted by molar-refractivity contribution is 7.98. The monoisotopic (exact) mass is 451 g/mol. The highest BCUT2D eigenvalue weighted by atomic mass is 32.2. The molecule has 1 heterocycles. The van der Waals surface area contributed by atoms with Crippen LogP contribution in [0.2, 0.25) is 0 Å². The molecular weight excluding hydrogens is 430 g/mol. The summed E-state index contributed by atoms with van der Waals surface area (Å²) in [7, 11) is 2.99. The predicted molar refractivity (Wildman–Crippen MR) is 124 cm³/mol. The zero-order valence-electron chi connectivity index (χ0n) is 17.8. The van der Waals surface area contributed by atoms with Crippen LogP contribution in [0.25, 0.3) is 21.9 Å². The lowest BCUT2D eigenvalue weighted by atomic mass is 10.1. The summed E-state index contributed by atoms with van der Waals surface area (Å²) in [4.78, 5) is 25.9. The normalized spacial score (nSPS) is 10.8. The molecule has 0 spiro atoms. The number of carbonyl (C=O) groups excluding carboxylic acids is 2. The summed E-state index contributed by atoms with van der Waals surface area (Å²) in [5.74, 6) is -0.298. The first-order valence-electron chi connectivity index (χ1n) is 9.72. The minimum absolute atomic E-state index is 0.249. The van der Waals surface area contributed by atoms with Crippen molar-refractivity contribution >= 4 is 51.3 Å². The number of rotatable bonds is 7. The molecule has 32 heavy (non-hydrogen) atoms. The molecular formula is C24H21NO6S. The second-order valence-electron chi connectivity index (χ2n) is 6.84. The Morgan fingerprint density at radius 3 is 2.47 bits per heavy atom. The molecule has 0 unspecified atom stereocenters. The van der Waals surface area contributed by atoms with Gasteiger partial charge in [-0.1, -0.05) is 18.2 Å². The number of para-hydroxylation sites is 1. The summed E-state index contributed by atoms with van der Waals surface area (Å²) in [6.45, 7) is -0.465. The second kappa shape index (κ2) is 9.23. The maximum absolute atomic E-state index is 12.5. The largest absolute Gasteiger partial charge is 0.496 e. The maximum Gasteiger partial charge on any atom is 0.342 e. The number of thioether (sulfide) groups is 1. The number of hydrogen-bond donors (Lipinski definition) is 1. The van der Waals surface area contributed by atoms with Gasteiger partial charge >= 0.3 is 5.97 Å². The molecule has 7 nitrogen and oxygen atoms in total. The molecule has 4 rings (SSSR count). The Balaban J connectivity index is 1.49. The summed E-state index contributed by atoms with van der Waals surface area (Å²) in [5, 5.41) is 4.55. The van der Waals surface area contributed by atoms with E-state index in [-0.39, 0.29) is 5.56 Å². The molecule has 3 aromatic carbocycles. The van der Waals surface area contributed by atoms with E-state index in [1.807, 2.05) is 30.5 Å². The standard InChI is InChI=1S/C24H21NO6S/c1-28-20-10-14(32-3)8-9-16(20)24(27)30-13-23(26)25-18-12-21-17(11-22(18)29-2)15-6-4-5-7-19(15)31-21/h4-12H,13H2,1-3H3,(H,25,26). The Morgan fingerprint density at radius 2 is 1.72 bits per heavy atom. The highest BCUT2D eigenvalue weighted by Crippen LogP contribution is 2.36. The van der Waals surface area contributed by atoms with E-state index < -0.39 is 18.5 Å². The van der Waals surface area contributed by atoms with Crippen LogP contribution in [0.15, 0.2) is 63.9 Å². The summed E-state index contributed by atoms with van der Waals surface area (Å²) in [6, 6.07) is 16.3. The van der Waals surface area contributed by atoms with Crippen LogP contribution in [-0.2, 0) is 9.53 Å². The van der Waals surface area contributed by atoms with Crippen LogP contribution in [0.3, 0.4) is 0 Å². The van der Waals surface area contributed by atoms with E-state index in [0.717, 1.165) is 21.3 Å². The minimum Gasteiger partial charge on any atom is -0.496 e. The van der Waals surface area contributed by atoms with E-state index in [1.54, 1.807) is 30.3 Å². The van der Waals surface area contributed by atoms with Crippen molar-refractivity contribution in [3.63, 3.8) is 0 Å². The first-order chi connectivity index (χ1) is 15.5. The maximum atomic E-state index is 12.5. The number of ether oxygens (including phenoxy) is 3. The van der Waals surface area contributed by atoms with E-state index in [9.17, 15) is 9.59 Å². The number of nitrogens with one attached hydrogen (secondary N) is 1. The van der Waals surface area contributed by atoms with Crippen molar-refractivity contribution in [1.29, 1.82) is 0 Å². The van der Waals surface area contributed by atoms with E-state index in [4.69, 9.17) is 18.6 Å². The van der Waals surface area contributed by atoms with Gasteiger partial charge < -0.3 is 23.9 Å². The molecule has 164 valence electrons. The Bertz CT molecular complexity index is 1310. The van der Waals surface area contributed by atoms with Crippen molar-refractivity contribution in [2.24, 2.45) is 0 Å². The molecule has 0 aliphatic rings. The fourth-order valence-electron chi connectivity index (χ4n) is 3.38. The highest BCUT2D eigenvalue weighted by Gasteiger charge is 2.18. The number of furan rings is 1. The Labute approximate surface area is 188 Å². The molecule has 1 N–H and O–H groups in total. The van der Waals surface area contributed by atoms with Gasteiger partial charge in [0, 0.05) is 21.7 Å². The molecule has 0 aliphatic carbocycles. The lowest BCUT2D eigenvalue weighted by Crippen LogP contribution is -2.21. The number of carbonyl (C=O) groups is 2. The first-order valence-corrected chi connectivity index (χ1v) is 10.9. The van der Waals surface area contributed by atoms with E-state index in [1.165, 1.54) is 26.0 Å². The summed E-state index contributed by atoms with van der Waals surface area (Å²) >= 11 is 1.53. The molecule has 0 aliphatic heterocycles. The van der Waals surface area contributed by atoms with Crippen molar-refractivity contribution in [1.82, 2.24) is 0 Å². The number of anilines is 1. The number of fused-ring (bicyclic) bond motifs is 3. The molecule has 1 aromatic heterocycles. The van der Waals surface area contributed by atoms with Crippen molar-refractivity contribution in [2.45, 2.75) is 4.90 Å². The summed E-state index contributed by atoms with van der Waals surface area (Å²) in [6.07, 6.45) is 1.92. The van der Waals surface area contributed by atoms with Gasteiger partial charge in [0.1, 0.15) is 28.2 Å². The Morgan fingerprint density at radius 1 is 0.938 bits per heavy atom. The van der Waals surface area contributed by atoms with Gasteiger partial charge in [-0.15, -0.1) is 11.8 Å². The quantitative estimate of drug-likeness (QED) is 0.308. The van der Waals surface area contributed by atoms with Gasteiger partial charge in [0.05, 0.1) is 19.9 Å². The fraction of sp³-hybridized carbons (Fsp3) is 0.167. The average molecular weight is 452 g/mol. The summed E-state index contributed by atoms with van der Waals surface area (Å²) in [5.41, 5.74) is 2.02. The number of methoxy groups -OCH3 is 2. The second-order valence-corrected chi connectivity index (χ2v) is 7.72. The first kappa shape index (κ1) is 21.6. The number of esters is 1. The summed E-state index contributed by atoms with van der Waals surface area (Å²) < 4.78 is 21.8. The third kappa shape index (κ3) is 4.22. The van der Waals surface area contributed by atoms with E-state index in [0.29, 0.717) is 22.8 Å². The van der Waals surface area contributed by atoms with E-state index >= 15 is 0 Å². The zero-order chi connectivity index (χ0) is 22.7. The average Bonchev–Trinajstić information content (AvgIpc) is 3.18. The number of amides is 1. The van der Waals surface area contributed by atoms with Crippen LogP contribution in [0.4, 0.5) is 5.69 Å². The molecule has 8 heteroatoms. The SMILES string of the molecule is COc1cc2c(cc1NC(=O)COC(=O)c1ccc(SC)cc1OC)oc1ccccc12. The molecule has 0 fully saturated rings. The lowest BCUT2D eigenvalue weighted by Gasteiger charge is -2.12. The van der Waals surface area contributed by atoms with Gasteiger partial charge in [-0.25, -0.2) is 4.79 Å². The van der Waals surface area contributed by atoms with Crippen LogP contribution < -0.4 is 14.8 Å². The van der Waals surface area contributed by atoms with Crippen molar-refractivity contribution in [3.8, 4) is 11.5 Å². The van der Waals surface area contributed by atoms with Crippen molar-refractivity contribution in [3.05, 3.63) is 60.2 Å². The molecule has 0 saturated carbocycles. The number of hydrogen-bond acceptors (Lipinski definition) is 7. The third-order valence-electron chi connectivity index (χ3n) is 4.94. The number of benzene rings is 3. The predicted octanol–water partition coefficient (Wildman–Crippen LogP) is 5.12. The Kier molecular flexibility index (Phi) is 6.23. The van der Waals surface area contributed by atoms with Crippen molar-refractivity contribution in [2.75, 3.05) is 32.4 Å². The fourth-order valence-corrected chi connectivity index (χ4v) is 3.81. The molecule has 0 saturated heterocycles. The van der Waals surface area contributed by atoms with Crippen LogP contribution in [0.1, 0.15) is 10.4 Å². The van der Waals surface area contributed by atoms with Gasteiger partial charge in [-0.2, -0.15) is 0 Å². The third-order valence-corrected chi connectivity index (χ3v) is 5.66. The molecule has 1 amide bonds. The Hall–Kier alpha value is -3.65. The molecule has 0 bridgehead atoms. The van der Waals surface area contributed by atoms with Crippen LogP contribution in [0, 0.1) is 0 Å². The lowest BCUT2D eigenvalue weighted by molar-refractivity contribution is -0.119. The van der Waals surface area contributed by atoms with Crippen LogP contribution in [-0.4, -0.2) is 39.0 Å². The van der Waals surface area contributed by atoms with E-state index in [2.05, 4.69) is 5.32 Å². The smallest absolute Gasteiger partial charge is 0.342 e. The van der Waals surface area contributed by atoms with Crippen LogP contribution in [0.5, 0.6) is 11.5 Å². The molecule has 4 aromatic rings. The van der Waals surface area contributed by atoms with Gasteiger partial charge in [0.25, 0.3) is 5.91 Å². The van der Waals surface area contributed by atoms with Gasteiger partial charge in [-0.3, -0.25) is 4.79 Å². The van der Waals surface area contributed by atoms with Gasteiger partial charge in [0.2, 0.25) is 0 Å². The van der Waals surface area contributed by atoms with Gasteiger partial charge in [0.15, 0.2) is 6.61 Å².